The van der Waals surface area contributed by atoms with Gasteiger partial charge >= 0.3 is 0 Å². The van der Waals surface area contributed by atoms with Gasteiger partial charge in [-0.15, -0.1) is 0 Å². The molecule has 0 aliphatic carbocycles. The monoisotopic (exact) mass is 235 g/mol. The minimum atomic E-state index is -0.892. The molecule has 1 aromatic carbocycles. The Bertz CT molecular complexity index is 543. The first kappa shape index (κ1) is 11.4. The number of aliphatic hydroxyl groups is 1. The van der Waals surface area contributed by atoms with Crippen LogP contribution in [0.1, 0.15) is 25.1 Å². The fourth-order valence-corrected chi connectivity index (χ4v) is 2.01. The van der Waals surface area contributed by atoms with E-state index in [4.69, 9.17) is 11.6 Å². The van der Waals surface area contributed by atoms with E-state index < -0.39 is 5.60 Å². The minimum Gasteiger partial charge on any atom is -0.386 e. The molecule has 1 heterocycles. The molecule has 0 bridgehead atoms. The number of rotatable bonds is 1. The average molecular weight is 236 g/mol. The molecule has 0 aliphatic rings. The zero-order valence-electron chi connectivity index (χ0n) is 9.58. The number of hydrogen-bond donors (Lipinski definition) is 1. The van der Waals surface area contributed by atoms with Crippen molar-refractivity contribution in [2.75, 3.05) is 0 Å². The van der Waals surface area contributed by atoms with Crippen molar-refractivity contribution in [3.63, 3.8) is 0 Å². The highest BCUT2D eigenvalue weighted by Crippen LogP contribution is 2.29. The number of fused-ring (bicyclic) bond motifs is 1. The number of hydrogen-bond acceptors (Lipinski definition) is 2. The van der Waals surface area contributed by atoms with Crippen molar-refractivity contribution in [3.05, 3.63) is 40.5 Å². The van der Waals surface area contributed by atoms with E-state index in [1.165, 1.54) is 0 Å². The molecule has 16 heavy (non-hydrogen) atoms. The van der Waals surface area contributed by atoms with Crippen molar-refractivity contribution in [3.8, 4) is 0 Å². The van der Waals surface area contributed by atoms with Gasteiger partial charge in [-0.05, 0) is 50.6 Å². The van der Waals surface area contributed by atoms with Crippen LogP contribution in [0.15, 0.2) is 24.3 Å². The molecule has 3 heteroatoms. The van der Waals surface area contributed by atoms with Gasteiger partial charge in [0.25, 0.3) is 0 Å². The van der Waals surface area contributed by atoms with Crippen molar-refractivity contribution in [1.29, 1.82) is 0 Å². The van der Waals surface area contributed by atoms with E-state index in [-0.39, 0.29) is 0 Å². The average Bonchev–Trinajstić information content (AvgIpc) is 2.16. The molecule has 0 amide bonds. The third-order valence-corrected chi connectivity index (χ3v) is 2.79. The molecule has 0 fully saturated rings. The van der Waals surface area contributed by atoms with Gasteiger partial charge in [0.2, 0.25) is 0 Å². The maximum Gasteiger partial charge on any atom is 0.0847 e. The summed E-state index contributed by atoms with van der Waals surface area (Å²) in [5.74, 6) is 0. The lowest BCUT2D eigenvalue weighted by Gasteiger charge is -2.20. The van der Waals surface area contributed by atoms with Crippen LogP contribution in [0.3, 0.4) is 0 Å². The molecule has 0 spiro atoms. The standard InChI is InChI=1S/C13H14ClNO/c1-8-6-11(13(2,3)16)10-7-9(14)4-5-12(10)15-8/h4-7,16H,1-3H3. The van der Waals surface area contributed by atoms with Gasteiger partial charge in [0.15, 0.2) is 0 Å². The van der Waals surface area contributed by atoms with Crippen LogP contribution in [0.5, 0.6) is 0 Å². The topological polar surface area (TPSA) is 33.1 Å². The normalized spacial score (nSPS) is 12.1. The molecule has 0 saturated heterocycles. The van der Waals surface area contributed by atoms with Crippen LogP contribution in [-0.4, -0.2) is 10.1 Å². The molecule has 0 saturated carbocycles. The largest absolute Gasteiger partial charge is 0.386 e. The van der Waals surface area contributed by atoms with Gasteiger partial charge in [0.05, 0.1) is 11.1 Å². The van der Waals surface area contributed by atoms with Crippen LogP contribution < -0.4 is 0 Å². The summed E-state index contributed by atoms with van der Waals surface area (Å²) in [4.78, 5) is 4.42. The van der Waals surface area contributed by atoms with Crippen LogP contribution in [0.4, 0.5) is 0 Å². The highest BCUT2D eigenvalue weighted by Gasteiger charge is 2.20. The summed E-state index contributed by atoms with van der Waals surface area (Å²) < 4.78 is 0. The van der Waals surface area contributed by atoms with Crippen LogP contribution in [-0.2, 0) is 5.60 Å². The molecular weight excluding hydrogens is 222 g/mol. The maximum atomic E-state index is 10.1. The fourth-order valence-electron chi connectivity index (χ4n) is 1.84. The van der Waals surface area contributed by atoms with E-state index in [0.29, 0.717) is 5.02 Å². The number of aryl methyl sites for hydroxylation is 1. The number of halogens is 1. The predicted octanol–water partition coefficient (Wildman–Crippen LogP) is 3.42. The summed E-state index contributed by atoms with van der Waals surface area (Å²) >= 11 is 5.97. The molecule has 2 rings (SSSR count). The van der Waals surface area contributed by atoms with Crippen molar-refractivity contribution >= 4 is 22.5 Å². The summed E-state index contributed by atoms with van der Waals surface area (Å²) in [6.45, 7) is 5.45. The SMILES string of the molecule is Cc1cc(C(C)(C)O)c2cc(Cl)ccc2n1. The summed E-state index contributed by atoms with van der Waals surface area (Å²) in [5.41, 5.74) is 1.72. The summed E-state index contributed by atoms with van der Waals surface area (Å²) in [5, 5.41) is 11.7. The van der Waals surface area contributed by atoms with Crippen molar-refractivity contribution in [1.82, 2.24) is 4.98 Å². The van der Waals surface area contributed by atoms with Crippen molar-refractivity contribution < 1.29 is 5.11 Å². The lowest BCUT2D eigenvalue weighted by Crippen LogP contribution is -2.16. The van der Waals surface area contributed by atoms with Crippen molar-refractivity contribution in [2.24, 2.45) is 0 Å². The highest BCUT2D eigenvalue weighted by atomic mass is 35.5. The van der Waals surface area contributed by atoms with E-state index >= 15 is 0 Å². The molecule has 0 unspecified atom stereocenters. The van der Waals surface area contributed by atoms with E-state index in [9.17, 15) is 5.11 Å². The highest BCUT2D eigenvalue weighted by molar-refractivity contribution is 6.31. The summed E-state index contributed by atoms with van der Waals surface area (Å²) in [6, 6.07) is 7.43. The zero-order chi connectivity index (χ0) is 11.9. The summed E-state index contributed by atoms with van der Waals surface area (Å²) in [6.07, 6.45) is 0. The second-order valence-electron chi connectivity index (χ2n) is 4.53. The van der Waals surface area contributed by atoms with Crippen LogP contribution in [0.2, 0.25) is 5.02 Å². The van der Waals surface area contributed by atoms with Gasteiger partial charge in [-0.25, -0.2) is 0 Å². The Morgan fingerprint density at radius 1 is 1.25 bits per heavy atom. The van der Waals surface area contributed by atoms with Gasteiger partial charge in [-0.1, -0.05) is 11.6 Å². The second-order valence-corrected chi connectivity index (χ2v) is 4.97. The fraction of sp³-hybridized carbons (Fsp3) is 0.308. The molecule has 0 aliphatic heterocycles. The van der Waals surface area contributed by atoms with Gasteiger partial charge in [-0.2, -0.15) is 0 Å². The van der Waals surface area contributed by atoms with E-state index in [2.05, 4.69) is 4.98 Å². The quantitative estimate of drug-likeness (QED) is 0.822. The molecule has 2 aromatic rings. The minimum absolute atomic E-state index is 0.656. The Balaban J connectivity index is 2.85. The maximum absolute atomic E-state index is 10.1. The van der Waals surface area contributed by atoms with Crippen molar-refractivity contribution in [2.45, 2.75) is 26.4 Å². The third kappa shape index (κ3) is 2.04. The Morgan fingerprint density at radius 3 is 2.56 bits per heavy atom. The first-order valence-corrected chi connectivity index (χ1v) is 5.55. The van der Waals surface area contributed by atoms with Gasteiger partial charge < -0.3 is 5.11 Å². The number of benzene rings is 1. The molecular formula is C13H14ClNO. The van der Waals surface area contributed by atoms with Crippen LogP contribution >= 0.6 is 11.6 Å². The number of aromatic nitrogens is 1. The van der Waals surface area contributed by atoms with E-state index in [1.54, 1.807) is 13.8 Å². The van der Waals surface area contributed by atoms with Gasteiger partial charge in [0.1, 0.15) is 0 Å². The first-order valence-electron chi connectivity index (χ1n) is 5.18. The number of pyridine rings is 1. The molecule has 0 radical (unpaired) electrons. The Morgan fingerprint density at radius 2 is 1.94 bits per heavy atom. The van der Waals surface area contributed by atoms with Crippen LogP contribution in [0, 0.1) is 6.92 Å². The Hall–Kier alpha value is -1.12. The van der Waals surface area contributed by atoms with Crippen LogP contribution in [0.25, 0.3) is 10.9 Å². The third-order valence-electron chi connectivity index (χ3n) is 2.56. The molecule has 0 atom stereocenters. The number of nitrogens with zero attached hydrogens (tertiary/aromatic N) is 1. The smallest absolute Gasteiger partial charge is 0.0847 e. The van der Waals surface area contributed by atoms with Gasteiger partial charge in [0, 0.05) is 16.1 Å². The first-order chi connectivity index (χ1) is 7.38. The second kappa shape index (κ2) is 3.72. The lowest BCUT2D eigenvalue weighted by atomic mass is 9.94. The molecule has 1 aromatic heterocycles. The van der Waals surface area contributed by atoms with E-state index in [0.717, 1.165) is 22.2 Å². The molecule has 84 valence electrons. The Labute approximate surface area is 99.9 Å². The molecule has 2 nitrogen and oxygen atoms in total. The lowest BCUT2D eigenvalue weighted by molar-refractivity contribution is 0.0801. The Kier molecular flexibility index (Phi) is 2.64. The predicted molar refractivity (Wildman–Crippen MR) is 66.7 cm³/mol. The summed E-state index contributed by atoms with van der Waals surface area (Å²) in [7, 11) is 0. The van der Waals surface area contributed by atoms with Gasteiger partial charge in [-0.3, -0.25) is 4.98 Å². The molecule has 1 N–H and O–H groups in total. The van der Waals surface area contributed by atoms with E-state index in [1.807, 2.05) is 31.2 Å². The zero-order valence-corrected chi connectivity index (χ0v) is 10.3.